The molecule has 3 nitrogen and oxygen atoms in total. The van der Waals surface area contributed by atoms with Crippen molar-refractivity contribution in [3.05, 3.63) is 0 Å². The Morgan fingerprint density at radius 2 is 1.48 bits per heavy atom. The predicted molar refractivity (Wildman–Crippen MR) is 87.6 cm³/mol. The minimum Gasteiger partial charge on any atom is -0.391 e. The number of nitrogens with zero attached hydrogens (tertiary/aromatic N) is 1. The molecule has 1 saturated heterocycles. The second kappa shape index (κ2) is 8.50. The van der Waals surface area contributed by atoms with Gasteiger partial charge in [-0.2, -0.15) is 0 Å². The van der Waals surface area contributed by atoms with E-state index in [0.717, 1.165) is 32.6 Å². The molecule has 2 atom stereocenters. The highest BCUT2D eigenvalue weighted by Crippen LogP contribution is 2.28. The lowest BCUT2D eigenvalue weighted by Crippen LogP contribution is -2.60. The second-order valence-corrected chi connectivity index (χ2v) is 7.60. The van der Waals surface area contributed by atoms with Crippen molar-refractivity contribution >= 4 is 0 Å². The minimum absolute atomic E-state index is 0.0565. The van der Waals surface area contributed by atoms with Gasteiger partial charge in [0.2, 0.25) is 0 Å². The van der Waals surface area contributed by atoms with Crippen molar-refractivity contribution in [3.63, 3.8) is 0 Å². The predicted octanol–water partition coefficient (Wildman–Crippen LogP) is 3.74. The fourth-order valence-corrected chi connectivity index (χ4v) is 4.00. The number of morpholine rings is 1. The number of aliphatic hydroxyl groups excluding tert-OH is 1. The zero-order valence-corrected chi connectivity index (χ0v) is 14.1. The fraction of sp³-hybridized carbons (Fsp3) is 1.00. The highest BCUT2D eigenvalue weighted by Gasteiger charge is 2.37. The largest absolute Gasteiger partial charge is 0.391 e. The van der Waals surface area contributed by atoms with E-state index < -0.39 is 0 Å². The Morgan fingerprint density at radius 3 is 2.10 bits per heavy atom. The maximum atomic E-state index is 10.8. The van der Waals surface area contributed by atoms with Crippen LogP contribution in [0.25, 0.3) is 0 Å². The monoisotopic (exact) mass is 297 g/mol. The van der Waals surface area contributed by atoms with Gasteiger partial charge in [-0.15, -0.1) is 0 Å². The molecule has 0 bridgehead atoms. The van der Waals surface area contributed by atoms with Crippen molar-refractivity contribution in [2.45, 2.75) is 95.7 Å². The molecule has 1 aliphatic carbocycles. The lowest BCUT2D eigenvalue weighted by Gasteiger charge is -2.48. The fourth-order valence-electron chi connectivity index (χ4n) is 4.00. The first-order valence-electron chi connectivity index (χ1n) is 9.14. The molecule has 0 aromatic heterocycles. The summed E-state index contributed by atoms with van der Waals surface area (Å²) < 4.78 is 5.65. The molecule has 0 aromatic carbocycles. The average molecular weight is 297 g/mol. The molecule has 2 fully saturated rings. The Morgan fingerprint density at radius 1 is 0.905 bits per heavy atom. The van der Waals surface area contributed by atoms with Crippen LogP contribution in [0.2, 0.25) is 0 Å². The molecule has 0 spiro atoms. The number of hydrogen-bond acceptors (Lipinski definition) is 3. The van der Waals surface area contributed by atoms with E-state index in [9.17, 15) is 5.11 Å². The highest BCUT2D eigenvalue weighted by atomic mass is 16.5. The third kappa shape index (κ3) is 5.22. The number of ether oxygens (including phenoxy) is 1. The van der Waals surface area contributed by atoms with Crippen LogP contribution in [0, 0.1) is 0 Å². The second-order valence-electron chi connectivity index (χ2n) is 7.60. The minimum atomic E-state index is -0.165. The van der Waals surface area contributed by atoms with Crippen molar-refractivity contribution in [2.75, 3.05) is 19.8 Å². The maximum Gasteiger partial charge on any atom is 0.0695 e. The summed E-state index contributed by atoms with van der Waals surface area (Å²) in [5.41, 5.74) is 0.0565. The summed E-state index contributed by atoms with van der Waals surface area (Å²) in [5.74, 6) is 0. The quantitative estimate of drug-likeness (QED) is 0.800. The molecular formula is C18H35NO2. The van der Waals surface area contributed by atoms with E-state index in [1.807, 2.05) is 0 Å². The SMILES string of the molecule is CC1(C)COCCN1C1CCCCCCCCCCC1O. The van der Waals surface area contributed by atoms with E-state index in [1.165, 1.54) is 51.4 Å². The van der Waals surface area contributed by atoms with Crippen LogP contribution >= 0.6 is 0 Å². The van der Waals surface area contributed by atoms with Gasteiger partial charge in [0, 0.05) is 18.1 Å². The van der Waals surface area contributed by atoms with Gasteiger partial charge in [0.1, 0.15) is 0 Å². The first kappa shape index (κ1) is 17.2. The molecule has 21 heavy (non-hydrogen) atoms. The number of rotatable bonds is 1. The maximum absolute atomic E-state index is 10.8. The first-order valence-corrected chi connectivity index (χ1v) is 9.14. The van der Waals surface area contributed by atoms with Crippen LogP contribution in [0.5, 0.6) is 0 Å². The Balaban J connectivity index is 2.00. The number of aliphatic hydroxyl groups is 1. The van der Waals surface area contributed by atoms with Gasteiger partial charge in [0.05, 0.1) is 19.3 Å². The van der Waals surface area contributed by atoms with Crippen molar-refractivity contribution in [1.29, 1.82) is 0 Å². The molecule has 2 aliphatic rings. The van der Waals surface area contributed by atoms with Gasteiger partial charge in [0.25, 0.3) is 0 Å². The molecule has 1 saturated carbocycles. The van der Waals surface area contributed by atoms with Crippen LogP contribution < -0.4 is 0 Å². The normalized spacial score (nSPS) is 33.9. The van der Waals surface area contributed by atoms with Crippen LogP contribution in [0.3, 0.4) is 0 Å². The smallest absolute Gasteiger partial charge is 0.0695 e. The Kier molecular flexibility index (Phi) is 6.97. The van der Waals surface area contributed by atoms with Crippen molar-refractivity contribution < 1.29 is 9.84 Å². The van der Waals surface area contributed by atoms with Crippen LogP contribution in [-0.4, -0.2) is 47.4 Å². The Bertz CT molecular complexity index is 293. The molecule has 2 rings (SSSR count). The van der Waals surface area contributed by atoms with Gasteiger partial charge in [-0.05, 0) is 26.7 Å². The molecule has 1 heterocycles. The molecule has 124 valence electrons. The third-order valence-corrected chi connectivity index (χ3v) is 5.30. The lowest BCUT2D eigenvalue weighted by atomic mass is 9.90. The topological polar surface area (TPSA) is 32.7 Å². The average Bonchev–Trinajstić information content (AvgIpc) is 2.43. The Labute approximate surface area is 131 Å². The molecule has 1 aliphatic heterocycles. The molecule has 3 heteroatoms. The summed E-state index contributed by atoms with van der Waals surface area (Å²) in [6.45, 7) is 7.08. The summed E-state index contributed by atoms with van der Waals surface area (Å²) in [6, 6.07) is 0.323. The highest BCUT2D eigenvalue weighted by molar-refractivity contribution is 4.92. The molecular weight excluding hydrogens is 262 g/mol. The first-order chi connectivity index (χ1) is 10.1. The molecule has 1 N–H and O–H groups in total. The molecule has 0 radical (unpaired) electrons. The van der Waals surface area contributed by atoms with Gasteiger partial charge < -0.3 is 9.84 Å². The number of hydrogen-bond donors (Lipinski definition) is 1. The van der Waals surface area contributed by atoms with E-state index in [0.29, 0.717) is 6.04 Å². The summed E-state index contributed by atoms with van der Waals surface area (Å²) in [5, 5.41) is 10.8. The van der Waals surface area contributed by atoms with Gasteiger partial charge in [-0.25, -0.2) is 0 Å². The molecule has 2 unspecified atom stereocenters. The van der Waals surface area contributed by atoms with Gasteiger partial charge in [-0.1, -0.05) is 51.4 Å². The van der Waals surface area contributed by atoms with E-state index in [4.69, 9.17) is 4.74 Å². The third-order valence-electron chi connectivity index (χ3n) is 5.30. The Hall–Kier alpha value is -0.120. The van der Waals surface area contributed by atoms with Crippen molar-refractivity contribution in [1.82, 2.24) is 4.90 Å². The lowest BCUT2D eigenvalue weighted by molar-refractivity contribution is -0.0998. The van der Waals surface area contributed by atoms with Crippen LogP contribution in [0.1, 0.15) is 78.1 Å². The van der Waals surface area contributed by atoms with Crippen molar-refractivity contribution in [3.8, 4) is 0 Å². The summed E-state index contributed by atoms with van der Waals surface area (Å²) in [7, 11) is 0. The van der Waals surface area contributed by atoms with Gasteiger partial charge in [0.15, 0.2) is 0 Å². The van der Waals surface area contributed by atoms with Crippen LogP contribution in [0.15, 0.2) is 0 Å². The van der Waals surface area contributed by atoms with E-state index >= 15 is 0 Å². The van der Waals surface area contributed by atoms with E-state index in [-0.39, 0.29) is 11.6 Å². The van der Waals surface area contributed by atoms with E-state index in [1.54, 1.807) is 0 Å². The molecule has 0 amide bonds. The zero-order valence-electron chi connectivity index (χ0n) is 14.1. The standard InChI is InChI=1S/C18H35NO2/c1-18(2)15-21-14-13-19(18)16-11-9-7-5-3-4-6-8-10-12-17(16)20/h16-17,20H,3-15H2,1-2H3. The van der Waals surface area contributed by atoms with Crippen LogP contribution in [-0.2, 0) is 4.74 Å². The van der Waals surface area contributed by atoms with Gasteiger partial charge in [-0.3, -0.25) is 4.90 Å². The zero-order chi connectivity index (χ0) is 15.1. The van der Waals surface area contributed by atoms with Gasteiger partial charge >= 0.3 is 0 Å². The summed E-state index contributed by atoms with van der Waals surface area (Å²) in [4.78, 5) is 2.53. The van der Waals surface area contributed by atoms with Crippen LogP contribution in [0.4, 0.5) is 0 Å². The van der Waals surface area contributed by atoms with Crippen molar-refractivity contribution in [2.24, 2.45) is 0 Å². The molecule has 0 aromatic rings. The summed E-state index contributed by atoms with van der Waals surface area (Å²) >= 11 is 0. The summed E-state index contributed by atoms with van der Waals surface area (Å²) in [6.07, 6.45) is 12.5. The van der Waals surface area contributed by atoms with E-state index in [2.05, 4.69) is 18.7 Å².